The second-order valence-electron chi connectivity index (χ2n) is 2.73. The van der Waals surface area contributed by atoms with Crippen LogP contribution in [0.1, 0.15) is 27.7 Å². The summed E-state index contributed by atoms with van der Waals surface area (Å²) in [6.45, 7) is 7.68. The predicted molar refractivity (Wildman–Crippen MR) is 45.3 cm³/mol. The summed E-state index contributed by atoms with van der Waals surface area (Å²) >= 11 is 0. The van der Waals surface area contributed by atoms with E-state index in [0.717, 1.165) is 0 Å². The molecule has 0 rings (SSSR count). The normalized spacial score (nSPS) is 10.2. The molecule has 0 aliphatic rings. The van der Waals surface area contributed by atoms with Gasteiger partial charge in [0.1, 0.15) is 5.60 Å². The van der Waals surface area contributed by atoms with Crippen molar-refractivity contribution in [1.29, 1.82) is 0 Å². The highest BCUT2D eigenvalue weighted by Crippen LogP contribution is 2.02. The smallest absolute Gasteiger partial charge is 0.293 e. The zero-order valence-electron chi connectivity index (χ0n) is 7.50. The topological polar surface area (TPSA) is 64.7 Å². The van der Waals surface area contributed by atoms with Gasteiger partial charge in [0.25, 0.3) is 6.47 Å². The lowest BCUT2D eigenvalue weighted by molar-refractivity contribution is -0.138. The van der Waals surface area contributed by atoms with Crippen molar-refractivity contribution in [2.45, 2.75) is 33.3 Å². The molecule has 2 N–H and O–H groups in total. The molecule has 0 unspecified atom stereocenters. The molecule has 0 spiro atoms. The maximum atomic E-state index is 9.60. The number of nitrogens with two attached hydrogens (primary N) is 1. The highest BCUT2D eigenvalue weighted by atomic mass is 16.5. The summed E-state index contributed by atoms with van der Waals surface area (Å²) in [7, 11) is 0. The van der Waals surface area contributed by atoms with Crippen LogP contribution in [0.2, 0.25) is 0 Å². The van der Waals surface area contributed by atoms with Gasteiger partial charge < -0.3 is 10.6 Å². The molecule has 0 radical (unpaired) electrons. The van der Waals surface area contributed by atoms with Crippen molar-refractivity contribution in [2.24, 2.45) is 10.9 Å². The first-order valence-corrected chi connectivity index (χ1v) is 3.27. The van der Waals surface area contributed by atoms with Crippen molar-refractivity contribution in [3.63, 3.8) is 0 Å². The largest absolute Gasteiger partial charge is 0.462 e. The number of hydrazone groups is 1. The van der Waals surface area contributed by atoms with Crippen LogP contribution < -0.4 is 5.84 Å². The number of carbonyl (C=O) groups is 1. The molecule has 0 aliphatic carbocycles. The summed E-state index contributed by atoms with van der Waals surface area (Å²) in [5.74, 6) is 4.60. The molecular weight excluding hydrogens is 144 g/mol. The van der Waals surface area contributed by atoms with Gasteiger partial charge in [-0.2, -0.15) is 5.10 Å². The first kappa shape index (κ1) is 12.6. The third kappa shape index (κ3) is 27.7. The monoisotopic (exact) mass is 160 g/mol. The fraction of sp³-hybridized carbons (Fsp3) is 0.714. The Hall–Kier alpha value is -1.06. The average Bonchev–Trinajstić information content (AvgIpc) is 1.86. The van der Waals surface area contributed by atoms with Crippen LogP contribution in [0, 0.1) is 0 Å². The second-order valence-corrected chi connectivity index (χ2v) is 2.73. The Morgan fingerprint density at radius 2 is 1.82 bits per heavy atom. The van der Waals surface area contributed by atoms with Gasteiger partial charge in [0.2, 0.25) is 0 Å². The lowest BCUT2D eigenvalue weighted by atomic mass is 10.2. The number of hydrogen-bond acceptors (Lipinski definition) is 4. The molecule has 0 aromatic rings. The molecule has 0 heterocycles. The summed E-state index contributed by atoms with van der Waals surface area (Å²) in [4.78, 5) is 9.60. The minimum absolute atomic E-state index is 0.318. The number of rotatable bonds is 1. The number of ether oxygens (including phenoxy) is 1. The summed E-state index contributed by atoms with van der Waals surface area (Å²) in [6.07, 6.45) is 1.53. The molecule has 0 aromatic carbocycles. The zero-order chi connectivity index (χ0) is 9.33. The van der Waals surface area contributed by atoms with E-state index < -0.39 is 0 Å². The fourth-order valence-corrected chi connectivity index (χ4v) is 0.144. The maximum Gasteiger partial charge on any atom is 0.293 e. The lowest BCUT2D eigenvalue weighted by Gasteiger charge is -2.14. The van der Waals surface area contributed by atoms with Crippen LogP contribution in [-0.2, 0) is 9.53 Å². The van der Waals surface area contributed by atoms with Crippen LogP contribution in [-0.4, -0.2) is 18.3 Å². The van der Waals surface area contributed by atoms with Crippen molar-refractivity contribution < 1.29 is 9.53 Å². The minimum atomic E-state index is -0.318. The number of carbonyl (C=O) groups excluding carboxylic acids is 1. The third-order valence-electron chi connectivity index (χ3n) is 0.551. The highest BCUT2D eigenvalue weighted by Gasteiger charge is 2.07. The molecule has 4 heteroatoms. The summed E-state index contributed by atoms with van der Waals surface area (Å²) in [5.41, 5.74) is -0.318. The van der Waals surface area contributed by atoms with Crippen LogP contribution in [0.4, 0.5) is 0 Å². The maximum absolute atomic E-state index is 9.60. The SMILES string of the molecule is C/C=N/N.CC(C)(C)OC=O. The Kier molecular flexibility index (Phi) is 8.08. The quantitative estimate of drug-likeness (QED) is 0.268. The molecular formula is C7H16N2O2. The molecule has 66 valence electrons. The molecule has 0 aromatic heterocycles. The van der Waals surface area contributed by atoms with Gasteiger partial charge in [-0.05, 0) is 27.7 Å². The van der Waals surface area contributed by atoms with Crippen molar-refractivity contribution >= 4 is 12.7 Å². The first-order valence-electron chi connectivity index (χ1n) is 3.27. The lowest BCUT2D eigenvalue weighted by Crippen LogP contribution is -2.17. The van der Waals surface area contributed by atoms with Gasteiger partial charge in [0.15, 0.2) is 0 Å². The van der Waals surface area contributed by atoms with Crippen LogP contribution in [0.5, 0.6) is 0 Å². The Labute approximate surface area is 67.4 Å². The van der Waals surface area contributed by atoms with Gasteiger partial charge >= 0.3 is 0 Å². The van der Waals surface area contributed by atoms with Gasteiger partial charge in [0, 0.05) is 6.21 Å². The zero-order valence-corrected chi connectivity index (χ0v) is 7.50. The Morgan fingerprint density at radius 1 is 1.45 bits per heavy atom. The van der Waals surface area contributed by atoms with E-state index in [4.69, 9.17) is 0 Å². The molecule has 11 heavy (non-hydrogen) atoms. The molecule has 0 aliphatic heterocycles. The van der Waals surface area contributed by atoms with Crippen LogP contribution >= 0.6 is 0 Å². The highest BCUT2D eigenvalue weighted by molar-refractivity contribution is 5.52. The van der Waals surface area contributed by atoms with Gasteiger partial charge in [-0.25, -0.2) is 0 Å². The molecule has 0 fully saturated rings. The van der Waals surface area contributed by atoms with E-state index >= 15 is 0 Å². The number of nitrogens with zero attached hydrogens (tertiary/aromatic N) is 1. The van der Waals surface area contributed by atoms with Gasteiger partial charge in [-0.1, -0.05) is 0 Å². The van der Waals surface area contributed by atoms with Crippen molar-refractivity contribution in [1.82, 2.24) is 0 Å². The van der Waals surface area contributed by atoms with E-state index in [1.807, 2.05) is 20.8 Å². The predicted octanol–water partition coefficient (Wildman–Crippen LogP) is 0.909. The van der Waals surface area contributed by atoms with Crippen molar-refractivity contribution in [3.8, 4) is 0 Å². The van der Waals surface area contributed by atoms with Crippen LogP contribution in [0.3, 0.4) is 0 Å². The van der Waals surface area contributed by atoms with E-state index in [9.17, 15) is 4.79 Å². The van der Waals surface area contributed by atoms with E-state index in [0.29, 0.717) is 6.47 Å². The molecule has 0 amide bonds. The van der Waals surface area contributed by atoms with Crippen molar-refractivity contribution in [2.75, 3.05) is 0 Å². The Balaban J connectivity index is 0. The summed E-state index contributed by atoms with van der Waals surface area (Å²) in [6, 6.07) is 0. The van der Waals surface area contributed by atoms with E-state index in [2.05, 4.69) is 15.7 Å². The van der Waals surface area contributed by atoms with Crippen LogP contribution in [0.15, 0.2) is 5.10 Å². The standard InChI is InChI=1S/C5H10O2.C2H6N2/c1-5(2,3)7-4-6;1-2-4-3/h4H,1-3H3;2H,3H2,1H3/b;4-2+. The van der Waals surface area contributed by atoms with Crippen LogP contribution in [0.25, 0.3) is 0 Å². The second kappa shape index (κ2) is 7.05. The summed E-state index contributed by atoms with van der Waals surface area (Å²) in [5, 5.41) is 3.11. The van der Waals surface area contributed by atoms with E-state index in [-0.39, 0.29) is 5.60 Å². The first-order chi connectivity index (χ1) is 4.97. The van der Waals surface area contributed by atoms with Gasteiger partial charge in [0.05, 0.1) is 0 Å². The van der Waals surface area contributed by atoms with E-state index in [1.165, 1.54) is 6.21 Å². The Morgan fingerprint density at radius 3 is 1.82 bits per heavy atom. The molecule has 0 bridgehead atoms. The fourth-order valence-electron chi connectivity index (χ4n) is 0.144. The molecule has 0 saturated heterocycles. The summed E-state index contributed by atoms with van der Waals surface area (Å²) < 4.78 is 4.55. The minimum Gasteiger partial charge on any atom is -0.462 e. The van der Waals surface area contributed by atoms with Gasteiger partial charge in [-0.3, -0.25) is 4.79 Å². The average molecular weight is 160 g/mol. The van der Waals surface area contributed by atoms with E-state index in [1.54, 1.807) is 6.92 Å². The molecule has 4 nitrogen and oxygen atoms in total. The molecule has 0 saturated carbocycles. The van der Waals surface area contributed by atoms with Gasteiger partial charge in [-0.15, -0.1) is 0 Å². The van der Waals surface area contributed by atoms with Crippen molar-refractivity contribution in [3.05, 3.63) is 0 Å². The third-order valence-corrected chi connectivity index (χ3v) is 0.551. The Bertz CT molecular complexity index is 112. The number of hydrogen-bond donors (Lipinski definition) is 1. The molecule has 0 atom stereocenters.